The molecule has 118 valence electrons. The third-order valence-corrected chi connectivity index (χ3v) is 3.88. The van der Waals surface area contributed by atoms with Gasteiger partial charge in [-0.05, 0) is 12.1 Å². The number of nitrogens with zero attached hydrogens (tertiary/aromatic N) is 4. The average molecular weight is 333 g/mol. The molecule has 3 rings (SSSR count). The van der Waals surface area contributed by atoms with Crippen LogP contribution in [0.25, 0.3) is 22.4 Å². The first-order valence-electron chi connectivity index (χ1n) is 6.65. The molecule has 0 aliphatic rings. The average Bonchev–Trinajstić information content (AvgIpc) is 2.57. The maximum atomic E-state index is 12.3. The Balaban J connectivity index is 2.49. The van der Waals surface area contributed by atoms with E-state index in [0.717, 1.165) is 4.57 Å². The smallest absolute Gasteiger partial charge is 0.308 e. The second-order valence-corrected chi connectivity index (χ2v) is 5.33. The van der Waals surface area contributed by atoms with Crippen LogP contribution in [0.4, 0.5) is 5.82 Å². The molecule has 0 spiro atoms. The molecule has 0 amide bonds. The number of aromatic nitrogens is 4. The van der Waals surface area contributed by atoms with Crippen molar-refractivity contribution in [1.82, 2.24) is 19.1 Å². The second-order valence-electron chi connectivity index (χ2n) is 4.92. The Morgan fingerprint density at radius 2 is 1.83 bits per heavy atom. The maximum Gasteiger partial charge on any atom is 0.332 e. The third-order valence-electron chi connectivity index (χ3n) is 3.55. The summed E-state index contributed by atoms with van der Waals surface area (Å²) >= 11 is 6.17. The lowest BCUT2D eigenvalue weighted by Gasteiger charge is -2.12. The number of nitrogens with two attached hydrogens (primary N) is 1. The van der Waals surface area contributed by atoms with Crippen LogP contribution in [-0.4, -0.2) is 19.1 Å². The molecular formula is C14H13ClN6O2. The van der Waals surface area contributed by atoms with Crippen LogP contribution in [0.5, 0.6) is 0 Å². The number of nitrogen functional groups attached to an aromatic ring is 1. The molecule has 0 atom stereocenters. The quantitative estimate of drug-likeness (QED) is 0.526. The van der Waals surface area contributed by atoms with Gasteiger partial charge in [-0.2, -0.15) is 0 Å². The highest BCUT2D eigenvalue weighted by Gasteiger charge is 2.18. The van der Waals surface area contributed by atoms with Crippen molar-refractivity contribution in [3.05, 3.63) is 50.1 Å². The summed E-state index contributed by atoms with van der Waals surface area (Å²) in [6, 6.07) is 7.00. The number of benzene rings is 1. The summed E-state index contributed by atoms with van der Waals surface area (Å²) in [6.07, 6.45) is 0. The van der Waals surface area contributed by atoms with Crippen LogP contribution in [0.3, 0.4) is 0 Å². The predicted octanol–water partition coefficient (Wildman–Crippen LogP) is 0.633. The highest BCUT2D eigenvalue weighted by molar-refractivity contribution is 6.33. The van der Waals surface area contributed by atoms with Crippen LogP contribution in [-0.2, 0) is 14.1 Å². The summed E-state index contributed by atoms with van der Waals surface area (Å²) in [4.78, 5) is 33.0. The van der Waals surface area contributed by atoms with Gasteiger partial charge in [-0.25, -0.2) is 20.6 Å². The summed E-state index contributed by atoms with van der Waals surface area (Å²) in [5.41, 5.74) is 2.12. The van der Waals surface area contributed by atoms with Gasteiger partial charge in [-0.15, -0.1) is 0 Å². The molecule has 0 saturated heterocycles. The van der Waals surface area contributed by atoms with Gasteiger partial charge in [-0.1, -0.05) is 23.7 Å². The largest absolute Gasteiger partial charge is 0.332 e. The summed E-state index contributed by atoms with van der Waals surface area (Å²) in [5, 5.41) is 0.580. The Morgan fingerprint density at radius 3 is 2.48 bits per heavy atom. The van der Waals surface area contributed by atoms with E-state index in [0.29, 0.717) is 10.6 Å². The molecule has 23 heavy (non-hydrogen) atoms. The van der Waals surface area contributed by atoms with Crippen molar-refractivity contribution < 1.29 is 0 Å². The standard InChI is InChI=1S/C14H13ClN6O2/c1-20-12-9(13(22)21(2)14(20)23)11(19-16)17-10(18-12)7-5-3-4-6-8(7)15/h3-6H,16H2,1-2H3,(H,17,18,19). The number of nitrogens with one attached hydrogen (secondary N) is 1. The van der Waals surface area contributed by atoms with Crippen molar-refractivity contribution in [3.8, 4) is 11.4 Å². The van der Waals surface area contributed by atoms with Crippen molar-refractivity contribution in [2.24, 2.45) is 19.9 Å². The van der Waals surface area contributed by atoms with Crippen molar-refractivity contribution in [2.45, 2.75) is 0 Å². The molecule has 0 radical (unpaired) electrons. The van der Waals surface area contributed by atoms with Gasteiger partial charge >= 0.3 is 5.69 Å². The molecule has 0 bridgehead atoms. The number of hydrogen-bond acceptors (Lipinski definition) is 6. The molecule has 0 fully saturated rings. The van der Waals surface area contributed by atoms with Crippen molar-refractivity contribution in [1.29, 1.82) is 0 Å². The van der Waals surface area contributed by atoms with E-state index in [-0.39, 0.29) is 22.7 Å². The number of halogens is 1. The Hall–Kier alpha value is -2.71. The second kappa shape index (κ2) is 5.49. The van der Waals surface area contributed by atoms with E-state index in [4.69, 9.17) is 17.4 Å². The molecule has 8 nitrogen and oxygen atoms in total. The van der Waals surface area contributed by atoms with E-state index >= 15 is 0 Å². The molecule has 0 saturated carbocycles. The third kappa shape index (κ3) is 2.28. The number of rotatable bonds is 2. The highest BCUT2D eigenvalue weighted by atomic mass is 35.5. The minimum Gasteiger partial charge on any atom is -0.308 e. The van der Waals surface area contributed by atoms with Gasteiger partial charge in [0.2, 0.25) is 0 Å². The van der Waals surface area contributed by atoms with Gasteiger partial charge in [0.25, 0.3) is 5.56 Å². The SMILES string of the molecule is Cn1c(=O)c2c(NN)nc(-c3ccccc3Cl)nc2n(C)c1=O. The molecule has 0 aliphatic carbocycles. The summed E-state index contributed by atoms with van der Waals surface area (Å²) in [6.45, 7) is 0. The Labute approximate surface area is 135 Å². The fourth-order valence-electron chi connectivity index (χ4n) is 2.33. The molecule has 9 heteroatoms. The Kier molecular flexibility index (Phi) is 3.63. The van der Waals surface area contributed by atoms with E-state index in [1.807, 2.05) is 0 Å². The van der Waals surface area contributed by atoms with Crippen LogP contribution < -0.4 is 22.5 Å². The van der Waals surface area contributed by atoms with E-state index in [9.17, 15) is 9.59 Å². The first-order chi connectivity index (χ1) is 11.0. The van der Waals surface area contributed by atoms with Crippen LogP contribution in [0.1, 0.15) is 0 Å². The Bertz CT molecular complexity index is 1040. The van der Waals surface area contributed by atoms with Crippen molar-refractivity contribution in [3.63, 3.8) is 0 Å². The van der Waals surface area contributed by atoms with Crippen LogP contribution >= 0.6 is 11.6 Å². The molecule has 0 unspecified atom stereocenters. The monoisotopic (exact) mass is 332 g/mol. The van der Waals surface area contributed by atoms with Gasteiger partial charge < -0.3 is 5.43 Å². The number of fused-ring (bicyclic) bond motifs is 1. The first-order valence-corrected chi connectivity index (χ1v) is 7.02. The normalized spacial score (nSPS) is 11.0. The molecule has 3 aromatic rings. The number of hydrogen-bond donors (Lipinski definition) is 2. The zero-order chi connectivity index (χ0) is 16.7. The fourth-order valence-corrected chi connectivity index (χ4v) is 2.55. The number of hydrazine groups is 1. The Morgan fingerprint density at radius 1 is 1.13 bits per heavy atom. The minimum atomic E-state index is -0.526. The molecule has 3 N–H and O–H groups in total. The van der Waals surface area contributed by atoms with Crippen LogP contribution in [0.2, 0.25) is 5.02 Å². The first kappa shape index (κ1) is 15.2. The maximum absolute atomic E-state index is 12.3. The van der Waals surface area contributed by atoms with Crippen molar-refractivity contribution >= 4 is 28.5 Å². The van der Waals surface area contributed by atoms with E-state index in [1.54, 1.807) is 24.3 Å². The van der Waals surface area contributed by atoms with E-state index < -0.39 is 11.2 Å². The van der Waals surface area contributed by atoms with Gasteiger partial charge in [0.1, 0.15) is 5.39 Å². The lowest BCUT2D eigenvalue weighted by molar-refractivity contribution is 0.707. The highest BCUT2D eigenvalue weighted by Crippen LogP contribution is 2.27. The minimum absolute atomic E-state index is 0.126. The van der Waals surface area contributed by atoms with Gasteiger partial charge in [0.15, 0.2) is 17.3 Å². The van der Waals surface area contributed by atoms with Crippen molar-refractivity contribution in [2.75, 3.05) is 5.43 Å². The van der Waals surface area contributed by atoms with E-state index in [2.05, 4.69) is 15.4 Å². The zero-order valence-corrected chi connectivity index (χ0v) is 13.1. The summed E-state index contributed by atoms with van der Waals surface area (Å²) in [5.74, 6) is 5.89. The number of anilines is 1. The molecule has 2 aromatic heterocycles. The zero-order valence-electron chi connectivity index (χ0n) is 12.4. The fraction of sp³-hybridized carbons (Fsp3) is 0.143. The number of aryl methyl sites for hydroxylation is 1. The van der Waals surface area contributed by atoms with Gasteiger partial charge in [0, 0.05) is 19.7 Å². The van der Waals surface area contributed by atoms with Crippen LogP contribution in [0, 0.1) is 0 Å². The van der Waals surface area contributed by atoms with Gasteiger partial charge in [0.05, 0.1) is 5.02 Å². The van der Waals surface area contributed by atoms with Crippen LogP contribution in [0.15, 0.2) is 33.9 Å². The van der Waals surface area contributed by atoms with Gasteiger partial charge in [-0.3, -0.25) is 13.9 Å². The predicted molar refractivity (Wildman–Crippen MR) is 88.3 cm³/mol. The lowest BCUT2D eigenvalue weighted by atomic mass is 10.2. The molecular weight excluding hydrogens is 320 g/mol. The molecule has 1 aromatic carbocycles. The lowest BCUT2D eigenvalue weighted by Crippen LogP contribution is -2.38. The summed E-state index contributed by atoms with van der Waals surface area (Å²) in [7, 11) is 2.90. The molecule has 2 heterocycles. The molecule has 0 aliphatic heterocycles. The topological polar surface area (TPSA) is 108 Å². The summed E-state index contributed by atoms with van der Waals surface area (Å²) < 4.78 is 2.24. The van der Waals surface area contributed by atoms with E-state index in [1.165, 1.54) is 18.7 Å².